The van der Waals surface area contributed by atoms with E-state index in [9.17, 15) is 14.3 Å². The summed E-state index contributed by atoms with van der Waals surface area (Å²) < 4.78 is 25.2. The van der Waals surface area contributed by atoms with Gasteiger partial charge in [0, 0.05) is 31.1 Å². The lowest BCUT2D eigenvalue weighted by atomic mass is 9.80. The molecule has 2 N–H and O–H groups in total. The highest BCUT2D eigenvalue weighted by Crippen LogP contribution is 2.39. The molecular formula is C22H30FNO4. The van der Waals surface area contributed by atoms with Gasteiger partial charge >= 0.3 is 0 Å². The molecule has 154 valence electrons. The van der Waals surface area contributed by atoms with E-state index in [4.69, 9.17) is 9.47 Å². The van der Waals surface area contributed by atoms with Crippen molar-refractivity contribution in [3.05, 3.63) is 47.5 Å². The fourth-order valence-electron chi connectivity index (χ4n) is 4.16. The van der Waals surface area contributed by atoms with Crippen LogP contribution in [0, 0.1) is 11.7 Å². The number of ether oxygens (including phenoxy) is 2. The number of aliphatic hydroxyl groups excluding tert-OH is 1. The molecule has 3 rings (SSSR count). The third-order valence-electron chi connectivity index (χ3n) is 5.58. The highest BCUT2D eigenvalue weighted by atomic mass is 19.1. The predicted octanol–water partition coefficient (Wildman–Crippen LogP) is 3.63. The van der Waals surface area contributed by atoms with E-state index < -0.39 is 6.29 Å². The van der Waals surface area contributed by atoms with E-state index in [0.29, 0.717) is 19.4 Å². The van der Waals surface area contributed by atoms with Gasteiger partial charge in [-0.3, -0.25) is 4.79 Å². The normalized spacial score (nSPS) is 25.2. The fraction of sp³-hybridized carbons (Fsp3) is 0.591. The monoisotopic (exact) mass is 391 g/mol. The zero-order valence-electron chi connectivity index (χ0n) is 16.4. The largest absolute Gasteiger partial charge is 0.459 e. The second-order valence-electron chi connectivity index (χ2n) is 7.53. The molecule has 5 nitrogen and oxygen atoms in total. The molecule has 1 fully saturated rings. The zero-order chi connectivity index (χ0) is 19.9. The van der Waals surface area contributed by atoms with Crippen molar-refractivity contribution in [1.82, 2.24) is 5.32 Å². The Morgan fingerprint density at radius 1 is 1.29 bits per heavy atom. The van der Waals surface area contributed by atoms with Crippen molar-refractivity contribution in [2.45, 2.75) is 63.7 Å². The standard InChI is InChI=1S/C22H30FNO4/c1-2-27-22-18(8-5-13-25)19(15-9-11-16(23)12-10-15)14-20(28-22)21(26)24-17-6-3-4-7-17/h9-12,14,17-19,22,25H,2-8,13H2,1H3,(H,24,26)/t18-,19+,22+/m0/s1. The third kappa shape index (κ3) is 5.11. The lowest BCUT2D eigenvalue weighted by Gasteiger charge is -2.37. The fourth-order valence-corrected chi connectivity index (χ4v) is 4.16. The minimum absolute atomic E-state index is 0.0689. The summed E-state index contributed by atoms with van der Waals surface area (Å²) >= 11 is 0. The maximum atomic E-state index is 13.4. The summed E-state index contributed by atoms with van der Waals surface area (Å²) in [5.41, 5.74) is 0.906. The van der Waals surface area contributed by atoms with Crippen LogP contribution in [-0.4, -0.2) is 36.6 Å². The van der Waals surface area contributed by atoms with Gasteiger partial charge in [0.05, 0.1) is 0 Å². The number of rotatable bonds is 8. The first-order valence-corrected chi connectivity index (χ1v) is 10.3. The number of aliphatic hydroxyl groups is 1. The van der Waals surface area contributed by atoms with Crippen LogP contribution in [0.3, 0.4) is 0 Å². The molecule has 1 aromatic carbocycles. The summed E-state index contributed by atoms with van der Waals surface area (Å²) in [6, 6.07) is 6.52. The lowest BCUT2D eigenvalue weighted by molar-refractivity contribution is -0.166. The van der Waals surface area contributed by atoms with Gasteiger partial charge in [0.15, 0.2) is 5.76 Å². The topological polar surface area (TPSA) is 67.8 Å². The van der Waals surface area contributed by atoms with Crippen molar-refractivity contribution in [2.75, 3.05) is 13.2 Å². The smallest absolute Gasteiger partial charge is 0.286 e. The zero-order valence-corrected chi connectivity index (χ0v) is 16.4. The molecule has 0 saturated heterocycles. The van der Waals surface area contributed by atoms with E-state index in [0.717, 1.165) is 31.2 Å². The second-order valence-corrected chi connectivity index (χ2v) is 7.53. The van der Waals surface area contributed by atoms with Crippen molar-refractivity contribution in [2.24, 2.45) is 5.92 Å². The number of hydrogen-bond donors (Lipinski definition) is 2. The van der Waals surface area contributed by atoms with E-state index in [-0.39, 0.29) is 42.0 Å². The minimum Gasteiger partial charge on any atom is -0.459 e. The molecule has 0 radical (unpaired) electrons. The SMILES string of the molecule is CCO[C@@H]1OC(C(=O)NC2CCCC2)=C[C@H](c2ccc(F)cc2)[C@@H]1CCCO. The van der Waals surface area contributed by atoms with Crippen LogP contribution in [0.4, 0.5) is 4.39 Å². The van der Waals surface area contributed by atoms with Crippen LogP contribution in [0.2, 0.25) is 0 Å². The summed E-state index contributed by atoms with van der Waals surface area (Å²) in [7, 11) is 0. The molecule has 3 atom stereocenters. The Morgan fingerprint density at radius 3 is 2.64 bits per heavy atom. The van der Waals surface area contributed by atoms with E-state index in [1.165, 1.54) is 12.1 Å². The van der Waals surface area contributed by atoms with Crippen molar-refractivity contribution < 1.29 is 23.8 Å². The van der Waals surface area contributed by atoms with Crippen molar-refractivity contribution in [3.8, 4) is 0 Å². The maximum absolute atomic E-state index is 13.4. The van der Waals surface area contributed by atoms with Crippen LogP contribution in [0.15, 0.2) is 36.1 Å². The Bertz CT molecular complexity index is 670. The molecule has 1 aliphatic heterocycles. The van der Waals surface area contributed by atoms with Crippen molar-refractivity contribution in [1.29, 1.82) is 0 Å². The van der Waals surface area contributed by atoms with Gasteiger partial charge in [-0.25, -0.2) is 4.39 Å². The number of carbonyl (C=O) groups excluding carboxylic acids is 1. The van der Waals surface area contributed by atoms with Crippen LogP contribution in [0.5, 0.6) is 0 Å². The third-order valence-corrected chi connectivity index (χ3v) is 5.58. The van der Waals surface area contributed by atoms with E-state index in [1.54, 1.807) is 12.1 Å². The number of allylic oxidation sites excluding steroid dienone is 1. The predicted molar refractivity (Wildman–Crippen MR) is 104 cm³/mol. The summed E-state index contributed by atoms with van der Waals surface area (Å²) in [5.74, 6) is -0.473. The lowest BCUT2D eigenvalue weighted by Crippen LogP contribution is -2.41. The van der Waals surface area contributed by atoms with Gasteiger partial charge in [0.2, 0.25) is 6.29 Å². The Labute approximate surface area is 165 Å². The van der Waals surface area contributed by atoms with Gasteiger partial charge in [-0.15, -0.1) is 0 Å². The average molecular weight is 391 g/mol. The molecule has 0 bridgehead atoms. The first-order chi connectivity index (χ1) is 13.6. The summed E-state index contributed by atoms with van der Waals surface area (Å²) in [5, 5.41) is 12.4. The molecule has 1 amide bonds. The highest BCUT2D eigenvalue weighted by molar-refractivity contribution is 5.92. The first kappa shape index (κ1) is 20.8. The number of hydrogen-bond acceptors (Lipinski definition) is 4. The van der Waals surface area contributed by atoms with Crippen molar-refractivity contribution in [3.63, 3.8) is 0 Å². The maximum Gasteiger partial charge on any atom is 0.286 e. The number of carbonyl (C=O) groups is 1. The number of amides is 1. The Hall–Kier alpha value is -1.92. The highest BCUT2D eigenvalue weighted by Gasteiger charge is 2.38. The van der Waals surface area contributed by atoms with Gasteiger partial charge in [0.1, 0.15) is 5.82 Å². The van der Waals surface area contributed by atoms with Crippen LogP contribution >= 0.6 is 0 Å². The van der Waals surface area contributed by atoms with Gasteiger partial charge in [-0.1, -0.05) is 25.0 Å². The first-order valence-electron chi connectivity index (χ1n) is 10.3. The molecule has 0 aromatic heterocycles. The Balaban J connectivity index is 1.87. The molecule has 0 unspecified atom stereocenters. The Morgan fingerprint density at radius 2 is 2.00 bits per heavy atom. The quantitative estimate of drug-likeness (QED) is 0.710. The molecule has 28 heavy (non-hydrogen) atoms. The van der Waals surface area contributed by atoms with E-state index in [1.807, 2.05) is 13.0 Å². The molecular weight excluding hydrogens is 361 g/mol. The van der Waals surface area contributed by atoms with Gasteiger partial charge < -0.3 is 19.9 Å². The molecule has 2 aliphatic rings. The molecule has 0 spiro atoms. The molecule has 6 heteroatoms. The molecule has 1 aromatic rings. The van der Waals surface area contributed by atoms with Crippen LogP contribution in [-0.2, 0) is 14.3 Å². The summed E-state index contributed by atoms with van der Waals surface area (Å²) in [6.07, 6.45) is 6.78. The number of nitrogens with one attached hydrogen (secondary N) is 1. The molecule has 1 aliphatic carbocycles. The van der Waals surface area contributed by atoms with E-state index in [2.05, 4.69) is 5.32 Å². The number of halogens is 1. The van der Waals surface area contributed by atoms with Gasteiger partial charge in [0.25, 0.3) is 5.91 Å². The van der Waals surface area contributed by atoms with Gasteiger partial charge in [-0.2, -0.15) is 0 Å². The number of benzene rings is 1. The van der Waals surface area contributed by atoms with Gasteiger partial charge in [-0.05, 0) is 56.4 Å². The molecule has 1 saturated carbocycles. The van der Waals surface area contributed by atoms with Crippen molar-refractivity contribution >= 4 is 5.91 Å². The molecule has 1 heterocycles. The average Bonchev–Trinajstić information content (AvgIpc) is 3.20. The summed E-state index contributed by atoms with van der Waals surface area (Å²) in [4.78, 5) is 12.8. The minimum atomic E-state index is -0.582. The van der Waals surface area contributed by atoms with Crippen LogP contribution in [0.1, 0.15) is 56.9 Å². The summed E-state index contributed by atoms with van der Waals surface area (Å²) in [6.45, 7) is 2.41. The second kappa shape index (κ2) is 10.0. The Kier molecular flexibility index (Phi) is 7.45. The van der Waals surface area contributed by atoms with Crippen LogP contribution < -0.4 is 5.32 Å². The van der Waals surface area contributed by atoms with Crippen LogP contribution in [0.25, 0.3) is 0 Å². The van der Waals surface area contributed by atoms with E-state index >= 15 is 0 Å².